The predicted molar refractivity (Wildman–Crippen MR) is 205 cm³/mol. The predicted octanol–water partition coefficient (Wildman–Crippen LogP) is 4.55. The standard InChI is InChI=1S/C42H56N6O2/c43-17-19-46-18-5-10-34-16-13-31(25-38(34)41(49)39(44)26-29-11-14-32-6-1-3-8-35(32)22-29)24-37-28-47-20-21-48(37)42(50)40(45)27-30-12-15-33-7-2-4-9-36(33)23-30/h1-4,6-9,11-12,14-15,22-23,31,34,37-40,46-47H,5,10,13,16-21,24-28,43-45H2/t31?,34-,37-,38?,39-,40-/m1/s1. The average molecular weight is 677 g/mol. The highest BCUT2D eigenvalue weighted by Gasteiger charge is 2.39. The van der Waals surface area contributed by atoms with E-state index in [4.69, 9.17) is 17.2 Å². The topological polar surface area (TPSA) is 140 Å². The minimum atomic E-state index is -0.595. The molecule has 1 heterocycles. The number of benzene rings is 4. The summed E-state index contributed by atoms with van der Waals surface area (Å²) in [6, 6.07) is 28.2. The first-order valence-electron chi connectivity index (χ1n) is 18.8. The van der Waals surface area contributed by atoms with Crippen LogP contribution in [0.3, 0.4) is 0 Å². The zero-order valence-electron chi connectivity index (χ0n) is 29.4. The maximum absolute atomic E-state index is 14.2. The van der Waals surface area contributed by atoms with Gasteiger partial charge in [0.2, 0.25) is 5.91 Å². The molecule has 2 fully saturated rings. The van der Waals surface area contributed by atoms with E-state index in [1.807, 2.05) is 29.2 Å². The van der Waals surface area contributed by atoms with E-state index in [0.717, 1.165) is 81.2 Å². The Labute approximate surface area is 297 Å². The van der Waals surface area contributed by atoms with Gasteiger partial charge in [-0.2, -0.15) is 0 Å². The number of nitrogens with two attached hydrogens (primary N) is 3. The van der Waals surface area contributed by atoms with Crippen LogP contribution in [0.15, 0.2) is 84.9 Å². The van der Waals surface area contributed by atoms with Gasteiger partial charge in [0.1, 0.15) is 0 Å². The number of nitrogens with one attached hydrogen (secondary N) is 2. The molecule has 0 radical (unpaired) electrons. The number of carbonyl (C=O) groups excluding carboxylic acids is 2. The second-order valence-electron chi connectivity index (χ2n) is 14.7. The van der Waals surface area contributed by atoms with E-state index in [9.17, 15) is 9.59 Å². The Balaban J connectivity index is 1.11. The van der Waals surface area contributed by atoms with Gasteiger partial charge in [-0.15, -0.1) is 0 Å². The van der Waals surface area contributed by atoms with Gasteiger partial charge in [0, 0.05) is 44.7 Å². The molecule has 1 aliphatic carbocycles. The molecule has 8 heteroatoms. The lowest BCUT2D eigenvalue weighted by atomic mass is 9.68. The van der Waals surface area contributed by atoms with Crippen molar-refractivity contribution in [3.63, 3.8) is 0 Å². The summed E-state index contributed by atoms with van der Waals surface area (Å²) in [6.45, 7) is 4.51. The van der Waals surface area contributed by atoms with Crippen molar-refractivity contribution >= 4 is 33.2 Å². The third kappa shape index (κ3) is 9.16. The summed E-state index contributed by atoms with van der Waals surface area (Å²) < 4.78 is 0. The summed E-state index contributed by atoms with van der Waals surface area (Å²) in [6.07, 6.45) is 6.84. The molecule has 0 aromatic heterocycles. The first-order valence-corrected chi connectivity index (χ1v) is 18.8. The van der Waals surface area contributed by atoms with Crippen molar-refractivity contribution in [1.29, 1.82) is 0 Å². The molecule has 1 saturated heterocycles. The summed E-state index contributed by atoms with van der Waals surface area (Å²) in [4.78, 5) is 30.1. The largest absolute Gasteiger partial charge is 0.336 e. The zero-order chi connectivity index (χ0) is 34.9. The van der Waals surface area contributed by atoms with Crippen LogP contribution in [0.25, 0.3) is 21.5 Å². The van der Waals surface area contributed by atoms with Gasteiger partial charge in [0.25, 0.3) is 0 Å². The number of Topliss-reactive ketones (excluding diaryl/α,β-unsaturated/α-hetero) is 1. The van der Waals surface area contributed by atoms with Gasteiger partial charge in [-0.1, -0.05) is 91.3 Å². The van der Waals surface area contributed by atoms with Crippen molar-refractivity contribution in [3.8, 4) is 0 Å². The Kier molecular flexibility index (Phi) is 12.7. The number of fused-ring (bicyclic) bond motifs is 2. The van der Waals surface area contributed by atoms with Gasteiger partial charge in [-0.05, 0) is 96.0 Å². The Morgan fingerprint density at radius 1 is 0.820 bits per heavy atom. The fourth-order valence-electron chi connectivity index (χ4n) is 8.51. The maximum atomic E-state index is 14.2. The summed E-state index contributed by atoms with van der Waals surface area (Å²) in [5, 5.41) is 11.6. The second kappa shape index (κ2) is 17.5. The number of hydrogen-bond acceptors (Lipinski definition) is 7. The number of carbonyl (C=O) groups is 2. The highest BCUT2D eigenvalue weighted by molar-refractivity contribution is 5.88. The quantitative estimate of drug-likeness (QED) is 0.116. The van der Waals surface area contributed by atoms with E-state index in [-0.39, 0.29) is 23.7 Å². The summed E-state index contributed by atoms with van der Waals surface area (Å²) in [5.41, 5.74) is 21.2. The van der Waals surface area contributed by atoms with Crippen LogP contribution in [0.4, 0.5) is 0 Å². The number of hydrogen-bond donors (Lipinski definition) is 5. The van der Waals surface area contributed by atoms with E-state index < -0.39 is 12.1 Å². The Hall–Kier alpha value is -3.66. The molecule has 0 bridgehead atoms. The van der Waals surface area contributed by atoms with Crippen LogP contribution in [0, 0.1) is 17.8 Å². The third-order valence-corrected chi connectivity index (χ3v) is 11.2. The Morgan fingerprint density at radius 3 is 2.12 bits per heavy atom. The number of rotatable bonds is 15. The van der Waals surface area contributed by atoms with E-state index in [1.54, 1.807) is 0 Å². The smallest absolute Gasteiger partial charge is 0.240 e. The van der Waals surface area contributed by atoms with Crippen LogP contribution in [-0.2, 0) is 22.4 Å². The molecule has 50 heavy (non-hydrogen) atoms. The molecule has 4 aromatic rings. The molecule has 6 atom stereocenters. The van der Waals surface area contributed by atoms with Crippen molar-refractivity contribution in [1.82, 2.24) is 15.5 Å². The summed E-state index contributed by atoms with van der Waals surface area (Å²) >= 11 is 0. The van der Waals surface area contributed by atoms with Gasteiger partial charge < -0.3 is 32.7 Å². The number of amides is 1. The molecule has 8 nitrogen and oxygen atoms in total. The molecule has 6 rings (SSSR count). The molecule has 8 N–H and O–H groups in total. The molecule has 4 aromatic carbocycles. The van der Waals surface area contributed by atoms with Crippen LogP contribution in [0.5, 0.6) is 0 Å². The van der Waals surface area contributed by atoms with Crippen LogP contribution >= 0.6 is 0 Å². The normalized spacial score (nSPS) is 22.4. The minimum absolute atomic E-state index is 0.0216. The molecule has 1 amide bonds. The lowest BCUT2D eigenvalue weighted by Crippen LogP contribution is -2.58. The first-order chi connectivity index (χ1) is 24.4. The average Bonchev–Trinajstić information content (AvgIpc) is 3.14. The third-order valence-electron chi connectivity index (χ3n) is 11.2. The van der Waals surface area contributed by atoms with E-state index in [2.05, 4.69) is 71.3 Å². The summed E-state index contributed by atoms with van der Waals surface area (Å²) in [5.74, 6) is 0.803. The van der Waals surface area contributed by atoms with Crippen LogP contribution in [-0.4, -0.2) is 74.0 Å². The molecular weight excluding hydrogens is 621 g/mol. The van der Waals surface area contributed by atoms with E-state index in [1.165, 1.54) is 16.2 Å². The highest BCUT2D eigenvalue weighted by atomic mass is 16.2. The molecule has 2 unspecified atom stereocenters. The molecule has 1 saturated carbocycles. The van der Waals surface area contributed by atoms with Crippen LogP contribution in [0.1, 0.15) is 49.7 Å². The first kappa shape index (κ1) is 36.1. The zero-order valence-corrected chi connectivity index (χ0v) is 29.4. The molecule has 2 aliphatic rings. The highest BCUT2D eigenvalue weighted by Crippen LogP contribution is 2.40. The lowest BCUT2D eigenvalue weighted by Gasteiger charge is -2.42. The number of ketones is 1. The minimum Gasteiger partial charge on any atom is -0.336 e. The van der Waals surface area contributed by atoms with E-state index in [0.29, 0.717) is 37.8 Å². The number of nitrogens with zero attached hydrogens (tertiary/aromatic N) is 1. The lowest BCUT2D eigenvalue weighted by molar-refractivity contribution is -0.136. The Morgan fingerprint density at radius 2 is 1.46 bits per heavy atom. The molecular formula is C42H56N6O2. The monoisotopic (exact) mass is 676 g/mol. The Bertz CT molecular complexity index is 1730. The van der Waals surface area contributed by atoms with E-state index >= 15 is 0 Å². The SMILES string of the molecule is NCCNCCC[C@@H]1CCC(C[C@@H]2CNCCN2C(=O)[C@H](N)Cc2ccc3ccccc3c2)CC1C(=O)[C@H](N)Cc1ccc2ccccc2c1. The maximum Gasteiger partial charge on any atom is 0.240 e. The molecule has 1 aliphatic heterocycles. The summed E-state index contributed by atoms with van der Waals surface area (Å²) in [7, 11) is 0. The van der Waals surface area contributed by atoms with Crippen LogP contribution < -0.4 is 27.8 Å². The van der Waals surface area contributed by atoms with Gasteiger partial charge in [-0.25, -0.2) is 0 Å². The van der Waals surface area contributed by atoms with Crippen molar-refractivity contribution < 1.29 is 9.59 Å². The van der Waals surface area contributed by atoms with Crippen molar-refractivity contribution in [3.05, 3.63) is 96.1 Å². The van der Waals surface area contributed by atoms with Gasteiger partial charge >= 0.3 is 0 Å². The van der Waals surface area contributed by atoms with Crippen molar-refractivity contribution in [2.75, 3.05) is 39.3 Å². The van der Waals surface area contributed by atoms with Gasteiger partial charge in [0.05, 0.1) is 12.1 Å². The van der Waals surface area contributed by atoms with Crippen LogP contribution in [0.2, 0.25) is 0 Å². The molecule has 266 valence electrons. The van der Waals surface area contributed by atoms with Gasteiger partial charge in [-0.3, -0.25) is 9.59 Å². The fraction of sp³-hybridized carbons (Fsp3) is 0.476. The van der Waals surface area contributed by atoms with Crippen molar-refractivity contribution in [2.24, 2.45) is 35.0 Å². The van der Waals surface area contributed by atoms with Crippen molar-refractivity contribution in [2.45, 2.75) is 69.5 Å². The number of piperazine rings is 1. The van der Waals surface area contributed by atoms with Gasteiger partial charge in [0.15, 0.2) is 5.78 Å². The fourth-order valence-corrected chi connectivity index (χ4v) is 8.51. The second-order valence-corrected chi connectivity index (χ2v) is 14.7. The molecule has 0 spiro atoms.